The molecular weight excluding hydrogens is 474 g/mol. The molecule has 4 aromatic rings. The molecule has 9 heteroatoms. The minimum absolute atomic E-state index is 0.0980. The molecule has 1 amide bonds. The van der Waals surface area contributed by atoms with Crippen LogP contribution in [0.25, 0.3) is 22.6 Å². The summed E-state index contributed by atoms with van der Waals surface area (Å²) in [6.07, 6.45) is 0. The van der Waals surface area contributed by atoms with Gasteiger partial charge in [0.25, 0.3) is 5.91 Å². The maximum atomic E-state index is 12.6. The van der Waals surface area contributed by atoms with Crippen molar-refractivity contribution < 1.29 is 18.7 Å². The van der Waals surface area contributed by atoms with Crippen molar-refractivity contribution in [3.8, 4) is 23.0 Å². The second-order valence-electron chi connectivity index (χ2n) is 8.07. The maximum absolute atomic E-state index is 12.6. The van der Waals surface area contributed by atoms with Crippen LogP contribution in [0.1, 0.15) is 35.7 Å². The third-order valence-corrected chi connectivity index (χ3v) is 5.94. The van der Waals surface area contributed by atoms with Gasteiger partial charge in [-0.05, 0) is 72.2 Å². The molecule has 3 aromatic carbocycles. The van der Waals surface area contributed by atoms with Crippen LogP contribution in [0.4, 0.5) is 5.69 Å². The first-order valence-electron chi connectivity index (χ1n) is 10.6. The molecule has 7 nitrogen and oxygen atoms in total. The van der Waals surface area contributed by atoms with E-state index in [1.165, 1.54) is 5.56 Å². The molecule has 172 valence electrons. The Labute approximate surface area is 206 Å². The van der Waals surface area contributed by atoms with Crippen LogP contribution in [0.5, 0.6) is 11.5 Å². The van der Waals surface area contributed by atoms with E-state index in [0.29, 0.717) is 45.2 Å². The first kappa shape index (κ1) is 22.2. The average molecular weight is 494 g/mol. The van der Waals surface area contributed by atoms with E-state index < -0.39 is 0 Å². The normalized spacial score (nSPS) is 12.2. The van der Waals surface area contributed by atoms with Crippen LogP contribution in [0.15, 0.2) is 59.0 Å². The molecule has 0 radical (unpaired) electrons. The molecular formula is C25H20ClN3O4S. The fourth-order valence-corrected chi connectivity index (χ4v) is 3.92. The van der Waals surface area contributed by atoms with E-state index >= 15 is 0 Å². The fourth-order valence-electron chi connectivity index (χ4n) is 3.55. The predicted octanol–water partition coefficient (Wildman–Crippen LogP) is 6.13. The van der Waals surface area contributed by atoms with Gasteiger partial charge in [0.1, 0.15) is 5.52 Å². The van der Waals surface area contributed by atoms with Crippen molar-refractivity contribution in [1.29, 1.82) is 0 Å². The minimum atomic E-state index is -0.386. The highest BCUT2D eigenvalue weighted by molar-refractivity contribution is 7.80. The minimum Gasteiger partial charge on any atom is -0.454 e. The predicted molar refractivity (Wildman–Crippen MR) is 135 cm³/mol. The second kappa shape index (κ2) is 8.96. The van der Waals surface area contributed by atoms with Crippen LogP contribution >= 0.6 is 23.8 Å². The fraction of sp³-hybridized carbons (Fsp3) is 0.160. The number of oxazole rings is 1. The summed E-state index contributed by atoms with van der Waals surface area (Å²) < 4.78 is 16.5. The lowest BCUT2D eigenvalue weighted by Gasteiger charge is -2.12. The van der Waals surface area contributed by atoms with Gasteiger partial charge in [-0.25, -0.2) is 4.98 Å². The van der Waals surface area contributed by atoms with Gasteiger partial charge in [0.2, 0.25) is 12.7 Å². The van der Waals surface area contributed by atoms with E-state index in [2.05, 4.69) is 29.5 Å². The Balaban J connectivity index is 1.33. The number of benzene rings is 3. The molecule has 0 saturated heterocycles. The Morgan fingerprint density at radius 1 is 1.06 bits per heavy atom. The average Bonchev–Trinajstić information content (AvgIpc) is 3.46. The number of aromatic nitrogens is 1. The number of thiocarbonyl (C=S) groups is 1. The lowest BCUT2D eigenvalue weighted by molar-refractivity contribution is 0.0977. The summed E-state index contributed by atoms with van der Waals surface area (Å²) >= 11 is 11.7. The molecule has 2 heterocycles. The van der Waals surface area contributed by atoms with Gasteiger partial charge in [-0.15, -0.1) is 0 Å². The number of nitrogens with one attached hydrogen (secondary N) is 2. The Morgan fingerprint density at radius 2 is 1.88 bits per heavy atom. The molecule has 1 aliphatic rings. The molecule has 0 aliphatic carbocycles. The SMILES string of the molecule is CC(C)c1ccc2oc(-c3ccc(Cl)c(NC(=S)NC(=O)c4ccc5c(c4)OCO5)c3)nc2c1. The zero-order chi connectivity index (χ0) is 23.8. The van der Waals surface area contributed by atoms with Crippen molar-refractivity contribution in [1.82, 2.24) is 10.3 Å². The molecule has 2 N–H and O–H groups in total. The van der Waals surface area contributed by atoms with E-state index in [1.807, 2.05) is 24.3 Å². The highest BCUT2D eigenvalue weighted by Crippen LogP contribution is 2.33. The molecule has 1 aliphatic heterocycles. The number of fused-ring (bicyclic) bond motifs is 2. The van der Waals surface area contributed by atoms with Crippen LogP contribution < -0.4 is 20.1 Å². The maximum Gasteiger partial charge on any atom is 0.257 e. The summed E-state index contributed by atoms with van der Waals surface area (Å²) in [7, 11) is 0. The van der Waals surface area contributed by atoms with E-state index in [9.17, 15) is 4.79 Å². The molecule has 34 heavy (non-hydrogen) atoms. The number of anilines is 1. The molecule has 0 unspecified atom stereocenters. The van der Waals surface area contributed by atoms with Gasteiger partial charge in [-0.3, -0.25) is 10.1 Å². The third-order valence-electron chi connectivity index (χ3n) is 5.40. The Kier molecular flexibility index (Phi) is 5.85. The first-order chi connectivity index (χ1) is 16.4. The van der Waals surface area contributed by atoms with E-state index in [-0.39, 0.29) is 17.8 Å². The van der Waals surface area contributed by atoms with Crippen molar-refractivity contribution in [3.05, 3.63) is 70.7 Å². The van der Waals surface area contributed by atoms with Gasteiger partial charge in [0.15, 0.2) is 22.2 Å². The molecule has 0 saturated carbocycles. The summed E-state index contributed by atoms with van der Waals surface area (Å²) in [5, 5.41) is 6.15. The van der Waals surface area contributed by atoms with Crippen molar-refractivity contribution in [2.75, 3.05) is 12.1 Å². The van der Waals surface area contributed by atoms with Crippen LogP contribution in [-0.4, -0.2) is 22.8 Å². The van der Waals surface area contributed by atoms with E-state index in [4.69, 9.17) is 37.7 Å². The Bertz CT molecular complexity index is 1430. The molecule has 1 aromatic heterocycles. The largest absolute Gasteiger partial charge is 0.454 e. The lowest BCUT2D eigenvalue weighted by Crippen LogP contribution is -2.34. The third kappa shape index (κ3) is 4.42. The van der Waals surface area contributed by atoms with E-state index in [1.54, 1.807) is 30.3 Å². The summed E-state index contributed by atoms with van der Waals surface area (Å²) in [4.78, 5) is 17.2. The summed E-state index contributed by atoms with van der Waals surface area (Å²) in [5.41, 5.74) is 4.31. The zero-order valence-electron chi connectivity index (χ0n) is 18.3. The number of hydrogen-bond acceptors (Lipinski definition) is 6. The van der Waals surface area contributed by atoms with Crippen LogP contribution in [0, 0.1) is 0 Å². The van der Waals surface area contributed by atoms with E-state index in [0.717, 1.165) is 11.1 Å². The van der Waals surface area contributed by atoms with Crippen LogP contribution in [0.2, 0.25) is 5.02 Å². The smallest absolute Gasteiger partial charge is 0.257 e. The first-order valence-corrected chi connectivity index (χ1v) is 11.4. The number of carbonyl (C=O) groups excluding carboxylic acids is 1. The topological polar surface area (TPSA) is 85.6 Å². The van der Waals surface area contributed by atoms with Crippen LogP contribution in [-0.2, 0) is 0 Å². The Hall–Kier alpha value is -3.62. The highest BCUT2D eigenvalue weighted by Gasteiger charge is 2.18. The van der Waals surface area contributed by atoms with Gasteiger partial charge in [-0.2, -0.15) is 0 Å². The Morgan fingerprint density at radius 3 is 2.71 bits per heavy atom. The number of halogens is 1. The standard InChI is InChI=1S/C25H20ClN3O4S/c1-13(2)14-4-7-20-19(9-14)27-24(33-20)16-3-6-17(26)18(10-16)28-25(34)29-23(30)15-5-8-21-22(11-15)32-12-31-21/h3-11,13H,12H2,1-2H3,(H2,28,29,30,34). The quantitative estimate of drug-likeness (QED) is 0.331. The highest BCUT2D eigenvalue weighted by atomic mass is 35.5. The summed E-state index contributed by atoms with van der Waals surface area (Å²) in [6, 6.07) is 16.2. The van der Waals surface area contributed by atoms with Crippen LogP contribution in [0.3, 0.4) is 0 Å². The molecule has 0 bridgehead atoms. The van der Waals surface area contributed by atoms with Gasteiger partial charge in [0, 0.05) is 11.1 Å². The number of amides is 1. The molecule has 0 fully saturated rings. The zero-order valence-corrected chi connectivity index (χ0v) is 19.9. The number of nitrogens with zero attached hydrogens (tertiary/aromatic N) is 1. The summed E-state index contributed by atoms with van der Waals surface area (Å²) in [6.45, 7) is 4.40. The van der Waals surface area contributed by atoms with Crippen molar-refractivity contribution in [3.63, 3.8) is 0 Å². The number of rotatable bonds is 4. The van der Waals surface area contributed by atoms with Gasteiger partial charge in [0.05, 0.1) is 10.7 Å². The van der Waals surface area contributed by atoms with Crippen molar-refractivity contribution in [2.45, 2.75) is 19.8 Å². The molecule has 5 rings (SSSR count). The van der Waals surface area contributed by atoms with Gasteiger partial charge in [-0.1, -0.05) is 31.5 Å². The van der Waals surface area contributed by atoms with Gasteiger partial charge < -0.3 is 19.2 Å². The monoisotopic (exact) mass is 493 g/mol. The molecule has 0 atom stereocenters. The van der Waals surface area contributed by atoms with Gasteiger partial charge >= 0.3 is 0 Å². The number of carbonyl (C=O) groups is 1. The second-order valence-corrected chi connectivity index (χ2v) is 8.89. The lowest BCUT2D eigenvalue weighted by atomic mass is 10.0. The van der Waals surface area contributed by atoms with Crippen molar-refractivity contribution >= 4 is 51.6 Å². The molecule has 0 spiro atoms. The summed E-state index contributed by atoms with van der Waals surface area (Å²) in [5.74, 6) is 1.58. The number of hydrogen-bond donors (Lipinski definition) is 2. The number of ether oxygens (including phenoxy) is 2. The van der Waals surface area contributed by atoms with Crippen molar-refractivity contribution in [2.24, 2.45) is 0 Å².